The number of hydroxylamine groups is 1. The molecule has 1 amide bonds. The molecule has 8 nitrogen and oxygen atoms in total. The van der Waals surface area contributed by atoms with E-state index in [4.69, 9.17) is 15.1 Å². The van der Waals surface area contributed by atoms with Crippen LogP contribution in [0.3, 0.4) is 0 Å². The number of benzene rings is 2. The van der Waals surface area contributed by atoms with E-state index in [1.165, 1.54) is 18.2 Å². The highest BCUT2D eigenvalue weighted by atomic mass is 79.9. The molecule has 12 heteroatoms. The molecule has 2 aromatic carbocycles. The van der Waals surface area contributed by atoms with Gasteiger partial charge in [-0.05, 0) is 35.8 Å². The summed E-state index contributed by atoms with van der Waals surface area (Å²) < 4.78 is 33.6. The summed E-state index contributed by atoms with van der Waals surface area (Å²) in [5, 5.41) is 24.2. The van der Waals surface area contributed by atoms with E-state index in [2.05, 4.69) is 30.8 Å². The number of anilines is 2. The van der Waals surface area contributed by atoms with E-state index in [1.54, 1.807) is 6.07 Å². The molecule has 0 fully saturated rings. The Bertz CT molecular complexity index is 1020. The van der Waals surface area contributed by atoms with Gasteiger partial charge in [-0.25, -0.2) is 14.3 Å². The minimum atomic E-state index is -1.05. The number of nitrogens with zero attached hydrogens (tertiary/aromatic N) is 2. The van der Waals surface area contributed by atoms with Crippen LogP contribution in [0.4, 0.5) is 20.2 Å². The van der Waals surface area contributed by atoms with E-state index < -0.39 is 36.9 Å². The summed E-state index contributed by atoms with van der Waals surface area (Å²) in [5.74, 6) is -2.44. The highest BCUT2D eigenvalue weighted by Crippen LogP contribution is 2.33. The van der Waals surface area contributed by atoms with Crippen molar-refractivity contribution in [2.45, 2.75) is 6.10 Å². The molecule has 3 aromatic rings. The quantitative estimate of drug-likeness (QED) is 0.388. The number of aliphatic hydroxyl groups excluding tert-OH is 2. The van der Waals surface area contributed by atoms with Crippen molar-refractivity contribution >= 4 is 55.0 Å². The number of hydrogen-bond donors (Lipinski definition) is 4. The molecule has 0 atom stereocenters. The van der Waals surface area contributed by atoms with Gasteiger partial charge < -0.3 is 15.5 Å². The molecule has 0 bridgehead atoms. The third kappa shape index (κ3) is 4.25. The molecular formula is C16H13BrF2N4O4S. The molecule has 0 aliphatic carbocycles. The highest BCUT2D eigenvalue weighted by molar-refractivity contribution is 9.10. The fourth-order valence-electron chi connectivity index (χ4n) is 2.24. The molecule has 0 spiro atoms. The first-order valence-electron chi connectivity index (χ1n) is 7.79. The van der Waals surface area contributed by atoms with Crippen molar-refractivity contribution in [2.75, 3.05) is 18.5 Å². The lowest BCUT2D eigenvalue weighted by atomic mass is 10.1. The van der Waals surface area contributed by atoms with Gasteiger partial charge in [-0.15, -0.1) is 5.10 Å². The van der Waals surface area contributed by atoms with Gasteiger partial charge in [-0.3, -0.25) is 9.63 Å². The average Bonchev–Trinajstić information content (AvgIpc) is 3.15. The van der Waals surface area contributed by atoms with Crippen LogP contribution in [0.1, 0.15) is 10.4 Å². The number of nitrogens with one attached hydrogen (secondary N) is 2. The largest absolute Gasteiger partial charge is 0.393 e. The molecule has 28 heavy (non-hydrogen) atoms. The fourth-order valence-corrected chi connectivity index (χ4v) is 3.17. The number of aliphatic hydroxyl groups is 2. The van der Waals surface area contributed by atoms with E-state index in [0.29, 0.717) is 9.17 Å². The minimum Gasteiger partial charge on any atom is -0.393 e. The first-order chi connectivity index (χ1) is 13.4. The van der Waals surface area contributed by atoms with Crippen molar-refractivity contribution in [3.8, 4) is 0 Å². The molecule has 0 radical (unpaired) electrons. The Morgan fingerprint density at radius 2 is 2.04 bits per heavy atom. The molecule has 0 saturated carbocycles. The summed E-state index contributed by atoms with van der Waals surface area (Å²) in [7, 11) is 0. The molecule has 4 N–H and O–H groups in total. The second-order valence-electron chi connectivity index (χ2n) is 5.52. The Morgan fingerprint density at radius 1 is 1.29 bits per heavy atom. The number of aromatic nitrogens is 2. The topological polar surface area (TPSA) is 117 Å². The Balaban J connectivity index is 2.00. The second kappa shape index (κ2) is 8.84. The summed E-state index contributed by atoms with van der Waals surface area (Å²) in [5.41, 5.74) is 1.36. The zero-order chi connectivity index (χ0) is 20.3. The molecule has 0 saturated heterocycles. The van der Waals surface area contributed by atoms with E-state index in [1.807, 2.05) is 5.48 Å². The Kier molecular flexibility index (Phi) is 6.46. The molecule has 1 aromatic heterocycles. The number of fused-ring (bicyclic) bond motifs is 1. The lowest BCUT2D eigenvalue weighted by molar-refractivity contribution is -0.0618. The number of carbonyl (C=O) groups excluding carboxylic acids is 1. The van der Waals surface area contributed by atoms with Crippen LogP contribution >= 0.6 is 27.5 Å². The summed E-state index contributed by atoms with van der Waals surface area (Å²) >= 11 is 4.01. The Morgan fingerprint density at radius 3 is 2.71 bits per heavy atom. The SMILES string of the molecule is O=C(NOC(CO)CO)c1cc2snnc2c(F)c1Nc1ccc(Br)cc1F. The van der Waals surface area contributed by atoms with Gasteiger partial charge in [0.2, 0.25) is 0 Å². The summed E-state index contributed by atoms with van der Waals surface area (Å²) in [4.78, 5) is 17.4. The predicted molar refractivity (Wildman–Crippen MR) is 101 cm³/mol. The van der Waals surface area contributed by atoms with Crippen LogP contribution in [0.25, 0.3) is 10.2 Å². The normalized spacial score (nSPS) is 11.2. The summed E-state index contributed by atoms with van der Waals surface area (Å²) in [6.45, 7) is -1.09. The molecule has 0 aliphatic heterocycles. The van der Waals surface area contributed by atoms with Crippen molar-refractivity contribution < 1.29 is 28.6 Å². The van der Waals surface area contributed by atoms with Crippen molar-refractivity contribution in [2.24, 2.45) is 0 Å². The van der Waals surface area contributed by atoms with Crippen LogP contribution in [-0.2, 0) is 4.84 Å². The van der Waals surface area contributed by atoms with Crippen LogP contribution in [0.5, 0.6) is 0 Å². The lowest BCUT2D eigenvalue weighted by Gasteiger charge is -2.16. The van der Waals surface area contributed by atoms with Gasteiger partial charge in [0.15, 0.2) is 5.82 Å². The van der Waals surface area contributed by atoms with Gasteiger partial charge >= 0.3 is 0 Å². The molecule has 148 valence electrons. The monoisotopic (exact) mass is 474 g/mol. The average molecular weight is 475 g/mol. The number of rotatable bonds is 7. The van der Waals surface area contributed by atoms with Crippen molar-refractivity contribution in [1.29, 1.82) is 0 Å². The number of halogens is 3. The predicted octanol–water partition coefficient (Wildman–Crippen LogP) is 2.49. The zero-order valence-electron chi connectivity index (χ0n) is 13.9. The maximum atomic E-state index is 15.0. The van der Waals surface area contributed by atoms with Crippen LogP contribution in [0, 0.1) is 11.6 Å². The third-order valence-electron chi connectivity index (χ3n) is 3.65. The highest BCUT2D eigenvalue weighted by Gasteiger charge is 2.23. The van der Waals surface area contributed by atoms with Gasteiger partial charge in [0.25, 0.3) is 5.91 Å². The molecule has 0 unspecified atom stereocenters. The number of hydrogen-bond acceptors (Lipinski definition) is 8. The molecule has 0 aliphatic rings. The molecular weight excluding hydrogens is 462 g/mol. The van der Waals surface area contributed by atoms with Gasteiger partial charge in [0, 0.05) is 4.47 Å². The van der Waals surface area contributed by atoms with E-state index in [9.17, 15) is 13.6 Å². The van der Waals surface area contributed by atoms with Crippen molar-refractivity contribution in [3.05, 3.63) is 45.9 Å². The first kappa shape index (κ1) is 20.5. The van der Waals surface area contributed by atoms with Gasteiger partial charge in [0.05, 0.1) is 34.9 Å². The maximum Gasteiger partial charge on any atom is 0.277 e. The summed E-state index contributed by atoms with van der Waals surface area (Å²) in [6.07, 6.45) is -1.05. The molecule has 1 heterocycles. The zero-order valence-corrected chi connectivity index (χ0v) is 16.4. The smallest absolute Gasteiger partial charge is 0.277 e. The minimum absolute atomic E-state index is 0.0665. The number of amides is 1. The summed E-state index contributed by atoms with van der Waals surface area (Å²) in [6, 6.07) is 5.42. The second-order valence-corrected chi connectivity index (χ2v) is 7.22. The van der Waals surface area contributed by atoms with Gasteiger partial charge in [-0.2, -0.15) is 0 Å². The molecule has 3 rings (SSSR count). The van der Waals surface area contributed by atoms with E-state index >= 15 is 0 Å². The van der Waals surface area contributed by atoms with Crippen molar-refractivity contribution in [1.82, 2.24) is 15.1 Å². The number of carbonyl (C=O) groups is 1. The van der Waals surface area contributed by atoms with Gasteiger partial charge in [-0.1, -0.05) is 20.4 Å². The van der Waals surface area contributed by atoms with Crippen LogP contribution < -0.4 is 10.8 Å². The van der Waals surface area contributed by atoms with Crippen LogP contribution in [0.2, 0.25) is 0 Å². The third-order valence-corrected chi connectivity index (χ3v) is 4.81. The van der Waals surface area contributed by atoms with Gasteiger partial charge in [0.1, 0.15) is 17.4 Å². The standard InChI is InChI=1S/C16H13BrF2N4O4S/c17-7-1-2-11(10(18)3-7)20-14-9(16(26)22-27-8(5-24)6-25)4-12-15(13(14)19)21-23-28-12/h1-4,8,20,24-25H,5-6H2,(H,22,26). The Hall–Kier alpha value is -2.25. The lowest BCUT2D eigenvalue weighted by Crippen LogP contribution is -2.34. The Labute approximate surface area is 169 Å². The van der Waals surface area contributed by atoms with E-state index in [-0.39, 0.29) is 22.5 Å². The fraction of sp³-hybridized carbons (Fsp3) is 0.188. The van der Waals surface area contributed by atoms with Crippen LogP contribution in [-0.4, -0.2) is 45.0 Å². The van der Waals surface area contributed by atoms with Crippen molar-refractivity contribution in [3.63, 3.8) is 0 Å². The van der Waals surface area contributed by atoms with Crippen LogP contribution in [0.15, 0.2) is 28.7 Å². The van der Waals surface area contributed by atoms with E-state index in [0.717, 1.165) is 11.5 Å². The maximum absolute atomic E-state index is 15.0. The first-order valence-corrected chi connectivity index (χ1v) is 9.35.